The van der Waals surface area contributed by atoms with Crippen LogP contribution in [0.1, 0.15) is 33.4 Å². The van der Waals surface area contributed by atoms with Gasteiger partial charge in [-0.3, -0.25) is 0 Å². The van der Waals surface area contributed by atoms with Gasteiger partial charge in [0.15, 0.2) is 0 Å². The predicted molar refractivity (Wildman–Crippen MR) is 91.4 cm³/mol. The molecular formula is C18H29CrSi. The van der Waals surface area contributed by atoms with Gasteiger partial charge in [0.25, 0.3) is 0 Å². The largest absolute Gasteiger partial charge is 2.00 e. The van der Waals surface area contributed by atoms with Crippen molar-refractivity contribution in [3.8, 4) is 0 Å². The minimum atomic E-state index is 0. The van der Waals surface area contributed by atoms with Gasteiger partial charge in [0.05, 0.1) is 0 Å². The SMILES string of the molecule is C[SiH]C.Cc1c[c-](C)c(C)c1C.Cc1ccc[c-]1C.[Cr+2]. The van der Waals surface area contributed by atoms with Gasteiger partial charge in [-0.1, -0.05) is 54.6 Å². The summed E-state index contributed by atoms with van der Waals surface area (Å²) in [6, 6.07) is 8.56. The van der Waals surface area contributed by atoms with Crippen LogP contribution in [-0.4, -0.2) is 9.52 Å². The van der Waals surface area contributed by atoms with E-state index in [1.807, 2.05) is 0 Å². The van der Waals surface area contributed by atoms with Crippen LogP contribution in [0.5, 0.6) is 0 Å². The Labute approximate surface area is 139 Å². The monoisotopic (exact) mass is 325 g/mol. The summed E-state index contributed by atoms with van der Waals surface area (Å²) in [5.41, 5.74) is 8.52. The minimum absolute atomic E-state index is 0. The quantitative estimate of drug-likeness (QED) is 0.462. The fraction of sp³-hybridized carbons (Fsp3) is 0.444. The summed E-state index contributed by atoms with van der Waals surface area (Å²) in [5, 5.41) is 0. The first-order valence-electron chi connectivity index (χ1n) is 6.98. The molecule has 1 radical (unpaired) electrons. The molecule has 0 atom stereocenters. The standard InChI is InChI=1S/C9H13.C7H9.C2H7Si.Cr/c1-6-5-7(2)9(4)8(6)3;1-6-4-3-5-7(6)2;1-3-2;/h5H,1-4H3;3-5H,1-2H3;3H,1-2H3;/q2*-1;;+2. The maximum Gasteiger partial charge on any atom is 2.00 e. The molecule has 0 spiro atoms. The zero-order valence-electron chi connectivity index (χ0n) is 14.3. The molecule has 2 rings (SSSR count). The van der Waals surface area contributed by atoms with Gasteiger partial charge < -0.3 is 0 Å². The molecule has 0 heterocycles. The van der Waals surface area contributed by atoms with Crippen molar-refractivity contribution in [3.63, 3.8) is 0 Å². The Morgan fingerprint density at radius 1 is 0.950 bits per heavy atom. The van der Waals surface area contributed by atoms with Crippen molar-refractivity contribution in [3.05, 3.63) is 57.6 Å². The molecule has 2 aromatic rings. The van der Waals surface area contributed by atoms with Crippen LogP contribution < -0.4 is 0 Å². The Balaban J connectivity index is 0. The summed E-state index contributed by atoms with van der Waals surface area (Å²) in [4.78, 5) is 0. The van der Waals surface area contributed by atoms with Crippen LogP contribution in [0.3, 0.4) is 0 Å². The van der Waals surface area contributed by atoms with Crippen LogP contribution in [-0.2, 0) is 17.4 Å². The average molecular weight is 326 g/mol. The van der Waals surface area contributed by atoms with Crippen LogP contribution >= 0.6 is 0 Å². The maximum atomic E-state index is 2.24. The first kappa shape index (κ1) is 21.7. The molecule has 20 heavy (non-hydrogen) atoms. The second-order valence-electron chi connectivity index (χ2n) is 5.23. The molecule has 0 aliphatic heterocycles. The molecule has 0 nitrogen and oxygen atoms in total. The second kappa shape index (κ2) is 11.1. The molecule has 0 N–H and O–H groups in total. The van der Waals surface area contributed by atoms with Crippen LogP contribution in [0, 0.1) is 41.5 Å². The van der Waals surface area contributed by atoms with Gasteiger partial charge in [0, 0.05) is 9.52 Å². The van der Waals surface area contributed by atoms with E-state index in [0.29, 0.717) is 0 Å². The third-order valence-corrected chi connectivity index (χ3v) is 3.49. The Bertz CT molecular complexity index is 439. The minimum Gasteiger partial charge on any atom is -0.213 e. The molecule has 0 saturated heterocycles. The Hall–Kier alpha value is -0.551. The number of hydrogen-bond acceptors (Lipinski definition) is 0. The summed E-state index contributed by atoms with van der Waals surface area (Å²) in [6.45, 7) is 17.3. The molecule has 0 fully saturated rings. The van der Waals surface area contributed by atoms with Crippen molar-refractivity contribution in [1.82, 2.24) is 0 Å². The van der Waals surface area contributed by atoms with Gasteiger partial charge in [0.1, 0.15) is 0 Å². The Morgan fingerprint density at radius 2 is 1.45 bits per heavy atom. The molecule has 0 unspecified atom stereocenters. The van der Waals surface area contributed by atoms with Gasteiger partial charge in [-0.25, -0.2) is 12.1 Å². The molecule has 111 valence electrons. The van der Waals surface area contributed by atoms with E-state index in [-0.39, 0.29) is 17.4 Å². The number of rotatable bonds is 0. The topological polar surface area (TPSA) is 0 Å². The molecule has 2 aromatic carbocycles. The molecule has 0 amide bonds. The van der Waals surface area contributed by atoms with Crippen LogP contribution in [0.15, 0.2) is 24.3 Å². The smallest absolute Gasteiger partial charge is 0.213 e. The fourth-order valence-corrected chi connectivity index (χ4v) is 1.73. The van der Waals surface area contributed by atoms with Crippen LogP contribution in [0.2, 0.25) is 13.1 Å². The third-order valence-electron chi connectivity index (χ3n) is 3.49. The summed E-state index contributed by atoms with van der Waals surface area (Å²) in [7, 11) is 0.750. The van der Waals surface area contributed by atoms with E-state index in [0.717, 1.165) is 9.52 Å². The number of aryl methyl sites for hydroxylation is 4. The van der Waals surface area contributed by atoms with Gasteiger partial charge in [-0.05, 0) is 0 Å². The van der Waals surface area contributed by atoms with Crippen LogP contribution in [0.25, 0.3) is 0 Å². The van der Waals surface area contributed by atoms with E-state index >= 15 is 0 Å². The molecule has 0 bridgehead atoms. The van der Waals surface area contributed by atoms with Crippen molar-refractivity contribution in [2.75, 3.05) is 0 Å². The molecule has 0 aliphatic carbocycles. The van der Waals surface area contributed by atoms with Crippen molar-refractivity contribution in [2.45, 2.75) is 54.6 Å². The van der Waals surface area contributed by atoms with Gasteiger partial charge in [0.2, 0.25) is 0 Å². The second-order valence-corrected chi connectivity index (χ2v) is 6.38. The van der Waals surface area contributed by atoms with Crippen molar-refractivity contribution >= 4 is 9.52 Å². The molecule has 0 saturated carbocycles. The zero-order chi connectivity index (χ0) is 15.0. The zero-order valence-corrected chi connectivity index (χ0v) is 16.7. The normalized spacial score (nSPS) is 8.80. The van der Waals surface area contributed by atoms with E-state index in [9.17, 15) is 0 Å². The summed E-state index contributed by atoms with van der Waals surface area (Å²) < 4.78 is 0. The molecule has 0 aromatic heterocycles. The van der Waals surface area contributed by atoms with Gasteiger partial charge >= 0.3 is 17.4 Å². The van der Waals surface area contributed by atoms with Crippen LogP contribution in [0.4, 0.5) is 0 Å². The summed E-state index contributed by atoms with van der Waals surface area (Å²) >= 11 is 0. The maximum absolute atomic E-state index is 2.24. The molecule has 2 heteroatoms. The first-order valence-corrected chi connectivity index (χ1v) is 9.29. The van der Waals surface area contributed by atoms with Gasteiger partial charge in [-0.2, -0.15) is 45.5 Å². The van der Waals surface area contributed by atoms with E-state index in [2.05, 4.69) is 78.9 Å². The first-order chi connectivity index (χ1) is 8.84. The summed E-state index contributed by atoms with van der Waals surface area (Å²) in [6.07, 6.45) is 0. The Kier molecular flexibility index (Phi) is 12.1. The van der Waals surface area contributed by atoms with Crippen molar-refractivity contribution in [1.29, 1.82) is 0 Å². The summed E-state index contributed by atoms with van der Waals surface area (Å²) in [5.74, 6) is 0. The molecule has 0 aliphatic rings. The van der Waals surface area contributed by atoms with E-state index in [1.165, 1.54) is 33.4 Å². The van der Waals surface area contributed by atoms with Crippen molar-refractivity contribution < 1.29 is 17.4 Å². The fourth-order valence-electron chi connectivity index (χ4n) is 1.73. The predicted octanol–water partition coefficient (Wildman–Crippen LogP) is 5.18. The van der Waals surface area contributed by atoms with E-state index in [4.69, 9.17) is 0 Å². The third kappa shape index (κ3) is 7.29. The van der Waals surface area contributed by atoms with Gasteiger partial charge in [-0.15, -0.1) is 0 Å². The Morgan fingerprint density at radius 3 is 1.55 bits per heavy atom. The number of hydrogen-bond donors (Lipinski definition) is 0. The average Bonchev–Trinajstić information content (AvgIpc) is 2.82. The van der Waals surface area contributed by atoms with E-state index in [1.54, 1.807) is 0 Å². The van der Waals surface area contributed by atoms with E-state index < -0.39 is 0 Å². The van der Waals surface area contributed by atoms with Crippen molar-refractivity contribution in [2.24, 2.45) is 0 Å². The molecular weight excluding hydrogens is 296 g/mol.